The molecule has 16 heavy (non-hydrogen) atoms. The summed E-state index contributed by atoms with van der Waals surface area (Å²) in [6, 6.07) is 0. The van der Waals surface area contributed by atoms with Crippen molar-refractivity contribution < 1.29 is 24.4 Å². The number of ether oxygens (including phenoxy) is 3. The molecule has 6 heteroatoms. The van der Waals surface area contributed by atoms with E-state index in [0.717, 1.165) is 0 Å². The number of hydrogen-bond acceptors (Lipinski definition) is 6. The van der Waals surface area contributed by atoms with Crippen molar-refractivity contribution in [1.82, 2.24) is 5.32 Å². The molecule has 0 bridgehead atoms. The van der Waals surface area contributed by atoms with Crippen molar-refractivity contribution in [3.05, 3.63) is 0 Å². The van der Waals surface area contributed by atoms with Gasteiger partial charge in [-0.15, -0.1) is 0 Å². The van der Waals surface area contributed by atoms with E-state index in [-0.39, 0.29) is 6.61 Å². The normalized spacial score (nSPS) is 12.9. The average molecular weight is 237 g/mol. The first-order chi connectivity index (χ1) is 7.81. The molecule has 1 unspecified atom stereocenters. The Morgan fingerprint density at radius 2 is 1.69 bits per heavy atom. The van der Waals surface area contributed by atoms with Crippen molar-refractivity contribution in [2.45, 2.75) is 6.10 Å². The fourth-order valence-corrected chi connectivity index (χ4v) is 0.942. The van der Waals surface area contributed by atoms with Crippen LogP contribution in [-0.2, 0) is 14.2 Å². The number of rotatable bonds is 12. The van der Waals surface area contributed by atoms with Gasteiger partial charge in [-0.3, -0.25) is 0 Å². The van der Waals surface area contributed by atoms with Gasteiger partial charge in [0.15, 0.2) is 0 Å². The molecule has 0 aromatic heterocycles. The van der Waals surface area contributed by atoms with Crippen LogP contribution < -0.4 is 5.32 Å². The summed E-state index contributed by atoms with van der Waals surface area (Å²) < 4.78 is 15.3. The second-order valence-electron chi connectivity index (χ2n) is 3.26. The zero-order valence-electron chi connectivity index (χ0n) is 9.85. The second-order valence-corrected chi connectivity index (χ2v) is 3.26. The Morgan fingerprint density at radius 1 is 1.06 bits per heavy atom. The minimum atomic E-state index is -0.697. The number of aliphatic hydroxyl groups excluding tert-OH is 2. The largest absolute Gasteiger partial charge is 0.394 e. The monoisotopic (exact) mass is 237 g/mol. The molecule has 0 amide bonds. The van der Waals surface area contributed by atoms with E-state index in [1.54, 1.807) is 7.11 Å². The highest BCUT2D eigenvalue weighted by Gasteiger charge is 1.99. The van der Waals surface area contributed by atoms with Gasteiger partial charge in [0.2, 0.25) is 0 Å². The standard InChI is InChI=1S/C10H23NO5/c1-14-4-5-16-7-6-15-3-2-11-8-10(13)9-12/h10-13H,2-9H2,1H3. The van der Waals surface area contributed by atoms with Crippen molar-refractivity contribution in [3.8, 4) is 0 Å². The summed E-state index contributed by atoms with van der Waals surface area (Å²) in [5.41, 5.74) is 0. The first kappa shape index (κ1) is 15.8. The number of hydrogen-bond donors (Lipinski definition) is 3. The maximum atomic E-state index is 9.00. The quantitative estimate of drug-likeness (QED) is 0.363. The smallest absolute Gasteiger partial charge is 0.0894 e. The lowest BCUT2D eigenvalue weighted by Gasteiger charge is -2.09. The van der Waals surface area contributed by atoms with Crippen molar-refractivity contribution in [2.24, 2.45) is 0 Å². The molecule has 6 nitrogen and oxygen atoms in total. The van der Waals surface area contributed by atoms with Gasteiger partial charge >= 0.3 is 0 Å². The average Bonchev–Trinajstić information content (AvgIpc) is 2.31. The van der Waals surface area contributed by atoms with Gasteiger partial charge in [-0.05, 0) is 0 Å². The topological polar surface area (TPSA) is 80.2 Å². The highest BCUT2D eigenvalue weighted by molar-refractivity contribution is 4.56. The molecule has 0 aliphatic rings. The fraction of sp³-hybridized carbons (Fsp3) is 1.00. The van der Waals surface area contributed by atoms with Gasteiger partial charge in [-0.25, -0.2) is 0 Å². The molecule has 0 aliphatic carbocycles. The van der Waals surface area contributed by atoms with Crippen LogP contribution in [0, 0.1) is 0 Å². The first-order valence-corrected chi connectivity index (χ1v) is 5.45. The van der Waals surface area contributed by atoms with E-state index >= 15 is 0 Å². The molecule has 0 saturated heterocycles. The first-order valence-electron chi connectivity index (χ1n) is 5.45. The van der Waals surface area contributed by atoms with Gasteiger partial charge in [0.05, 0.1) is 45.7 Å². The van der Waals surface area contributed by atoms with Crippen LogP contribution in [0.2, 0.25) is 0 Å². The zero-order chi connectivity index (χ0) is 12.1. The summed E-state index contributed by atoms with van der Waals surface area (Å²) in [4.78, 5) is 0. The Hall–Kier alpha value is -0.240. The van der Waals surface area contributed by atoms with Gasteiger partial charge in [0, 0.05) is 20.2 Å². The van der Waals surface area contributed by atoms with Crippen LogP contribution in [0.5, 0.6) is 0 Å². The van der Waals surface area contributed by atoms with Gasteiger partial charge in [0.25, 0.3) is 0 Å². The Bertz CT molecular complexity index is 136. The van der Waals surface area contributed by atoms with E-state index in [1.165, 1.54) is 0 Å². The summed E-state index contributed by atoms with van der Waals surface area (Å²) in [5, 5.41) is 20.5. The summed E-state index contributed by atoms with van der Waals surface area (Å²) in [6.45, 7) is 3.66. The lowest BCUT2D eigenvalue weighted by molar-refractivity contribution is 0.0247. The molecular formula is C10H23NO5. The van der Waals surface area contributed by atoms with Crippen molar-refractivity contribution in [3.63, 3.8) is 0 Å². The van der Waals surface area contributed by atoms with Crippen LogP contribution >= 0.6 is 0 Å². The predicted molar refractivity (Wildman–Crippen MR) is 59.5 cm³/mol. The van der Waals surface area contributed by atoms with Crippen LogP contribution in [0.3, 0.4) is 0 Å². The lowest BCUT2D eigenvalue weighted by atomic mass is 10.4. The molecule has 0 spiro atoms. The van der Waals surface area contributed by atoms with Crippen LogP contribution in [0.4, 0.5) is 0 Å². The third-order valence-corrected chi connectivity index (χ3v) is 1.82. The molecule has 0 radical (unpaired) electrons. The summed E-state index contributed by atoms with van der Waals surface area (Å²) >= 11 is 0. The Kier molecular flexibility index (Phi) is 12.6. The van der Waals surface area contributed by atoms with Gasteiger partial charge < -0.3 is 29.7 Å². The van der Waals surface area contributed by atoms with Crippen molar-refractivity contribution >= 4 is 0 Å². The molecular weight excluding hydrogens is 214 g/mol. The highest BCUT2D eigenvalue weighted by Crippen LogP contribution is 1.80. The summed E-state index contributed by atoms with van der Waals surface area (Å²) in [5.74, 6) is 0. The summed E-state index contributed by atoms with van der Waals surface area (Å²) in [7, 11) is 1.63. The van der Waals surface area contributed by atoms with Crippen LogP contribution in [0.15, 0.2) is 0 Å². The minimum absolute atomic E-state index is 0.221. The minimum Gasteiger partial charge on any atom is -0.394 e. The third kappa shape index (κ3) is 11.8. The van der Waals surface area contributed by atoms with Crippen LogP contribution in [0.25, 0.3) is 0 Å². The van der Waals surface area contributed by atoms with Gasteiger partial charge in [-0.1, -0.05) is 0 Å². The van der Waals surface area contributed by atoms with E-state index in [2.05, 4.69) is 5.32 Å². The summed E-state index contributed by atoms with van der Waals surface area (Å²) in [6.07, 6.45) is -0.697. The highest BCUT2D eigenvalue weighted by atomic mass is 16.5. The molecule has 98 valence electrons. The van der Waals surface area contributed by atoms with E-state index < -0.39 is 6.10 Å². The molecule has 0 saturated carbocycles. The van der Waals surface area contributed by atoms with Crippen LogP contribution in [-0.4, -0.2) is 76.2 Å². The number of methoxy groups -OCH3 is 1. The second kappa shape index (κ2) is 12.8. The van der Waals surface area contributed by atoms with E-state index in [4.69, 9.17) is 24.4 Å². The van der Waals surface area contributed by atoms with Crippen LogP contribution in [0.1, 0.15) is 0 Å². The Morgan fingerprint density at radius 3 is 2.31 bits per heavy atom. The SMILES string of the molecule is COCCOCCOCCNCC(O)CO. The Balaban J connectivity index is 2.93. The molecule has 0 heterocycles. The molecule has 0 fully saturated rings. The van der Waals surface area contributed by atoms with Crippen molar-refractivity contribution in [2.75, 3.05) is 59.8 Å². The fourth-order valence-electron chi connectivity index (χ4n) is 0.942. The molecule has 0 aromatic rings. The number of aliphatic hydroxyl groups is 2. The molecule has 3 N–H and O–H groups in total. The maximum Gasteiger partial charge on any atom is 0.0894 e. The third-order valence-electron chi connectivity index (χ3n) is 1.82. The van der Waals surface area contributed by atoms with E-state index in [0.29, 0.717) is 46.1 Å². The lowest BCUT2D eigenvalue weighted by Crippen LogP contribution is -2.31. The van der Waals surface area contributed by atoms with Gasteiger partial charge in [-0.2, -0.15) is 0 Å². The van der Waals surface area contributed by atoms with Crippen molar-refractivity contribution in [1.29, 1.82) is 0 Å². The molecule has 0 aromatic carbocycles. The van der Waals surface area contributed by atoms with E-state index in [9.17, 15) is 0 Å². The maximum absolute atomic E-state index is 9.00. The van der Waals surface area contributed by atoms with Gasteiger partial charge in [0.1, 0.15) is 0 Å². The molecule has 1 atom stereocenters. The predicted octanol–water partition coefficient (Wildman–Crippen LogP) is -1.39. The Labute approximate surface area is 96.5 Å². The van der Waals surface area contributed by atoms with E-state index in [1.807, 2.05) is 0 Å². The zero-order valence-corrected chi connectivity index (χ0v) is 9.85. The molecule has 0 rings (SSSR count). The number of nitrogens with one attached hydrogen (secondary N) is 1. The molecule has 0 aliphatic heterocycles.